The van der Waals surface area contributed by atoms with Gasteiger partial charge in [-0.15, -0.1) is 0 Å². The van der Waals surface area contributed by atoms with Crippen LogP contribution < -0.4 is 5.32 Å². The number of hydrogen-bond donors (Lipinski definition) is 1. The molecule has 7 heteroatoms. The maximum Gasteiger partial charge on any atom is 0.253 e. The number of piperidine rings is 1. The van der Waals surface area contributed by atoms with Crippen LogP contribution in [0.3, 0.4) is 0 Å². The maximum absolute atomic E-state index is 12.7. The Labute approximate surface area is 158 Å². The molecule has 4 rings (SSSR count). The van der Waals surface area contributed by atoms with Crippen LogP contribution in [0.25, 0.3) is 0 Å². The molecule has 0 bridgehead atoms. The minimum atomic E-state index is -0.183. The maximum atomic E-state index is 12.7. The van der Waals surface area contributed by atoms with Crippen LogP contribution in [0.15, 0.2) is 42.7 Å². The quantitative estimate of drug-likeness (QED) is 0.899. The van der Waals surface area contributed by atoms with Gasteiger partial charge in [0.25, 0.3) is 5.91 Å². The fourth-order valence-electron chi connectivity index (χ4n) is 3.86. The average molecular weight is 363 g/mol. The molecule has 1 unspecified atom stereocenters. The largest absolute Gasteiger partial charge is 0.373 e. The number of nitrogens with one attached hydrogen (secondary N) is 1. The first-order valence-electron chi connectivity index (χ1n) is 9.14. The van der Waals surface area contributed by atoms with Gasteiger partial charge in [0.15, 0.2) is 0 Å². The van der Waals surface area contributed by atoms with Gasteiger partial charge in [0.2, 0.25) is 5.95 Å². The van der Waals surface area contributed by atoms with Gasteiger partial charge in [-0.1, -0.05) is 6.07 Å². The highest BCUT2D eigenvalue weighted by molar-refractivity contribution is 5.94. The van der Waals surface area contributed by atoms with E-state index in [0.717, 1.165) is 19.3 Å². The number of nitriles is 1. The number of aromatic nitrogens is 2. The summed E-state index contributed by atoms with van der Waals surface area (Å²) in [6.45, 7) is 1.94. The summed E-state index contributed by atoms with van der Waals surface area (Å²) in [5.74, 6) is 0.598. The Morgan fingerprint density at radius 3 is 2.78 bits per heavy atom. The van der Waals surface area contributed by atoms with Gasteiger partial charge in [0.05, 0.1) is 29.9 Å². The third-order valence-electron chi connectivity index (χ3n) is 5.31. The van der Waals surface area contributed by atoms with E-state index < -0.39 is 0 Å². The smallest absolute Gasteiger partial charge is 0.253 e. The zero-order valence-electron chi connectivity index (χ0n) is 15.0. The van der Waals surface area contributed by atoms with Crippen LogP contribution in [0.2, 0.25) is 0 Å². The first-order valence-corrected chi connectivity index (χ1v) is 9.14. The summed E-state index contributed by atoms with van der Waals surface area (Å²) in [5, 5.41) is 12.3. The Morgan fingerprint density at radius 1 is 1.26 bits per heavy atom. The number of ether oxygens (including phenoxy) is 1. The average Bonchev–Trinajstić information content (AvgIpc) is 3.11. The lowest BCUT2D eigenvalue weighted by atomic mass is 9.87. The number of anilines is 1. The van der Waals surface area contributed by atoms with Crippen molar-refractivity contribution < 1.29 is 9.53 Å². The molecule has 7 nitrogen and oxygen atoms in total. The molecule has 138 valence electrons. The highest BCUT2D eigenvalue weighted by atomic mass is 16.5. The molecule has 2 saturated heterocycles. The van der Waals surface area contributed by atoms with E-state index in [0.29, 0.717) is 36.8 Å². The molecule has 2 aromatic rings. The molecule has 0 aliphatic carbocycles. The van der Waals surface area contributed by atoms with Crippen molar-refractivity contribution in [3.05, 3.63) is 53.9 Å². The summed E-state index contributed by atoms with van der Waals surface area (Å²) in [4.78, 5) is 23.0. The summed E-state index contributed by atoms with van der Waals surface area (Å²) in [5.41, 5.74) is 0.890. The molecule has 1 spiro atoms. The van der Waals surface area contributed by atoms with E-state index in [-0.39, 0.29) is 17.6 Å². The molecule has 1 N–H and O–H groups in total. The molecule has 2 aliphatic heterocycles. The Hall–Kier alpha value is -2.98. The zero-order chi connectivity index (χ0) is 18.7. The van der Waals surface area contributed by atoms with E-state index in [4.69, 9.17) is 10.00 Å². The van der Waals surface area contributed by atoms with Gasteiger partial charge in [-0.3, -0.25) is 4.79 Å². The number of benzene rings is 1. The molecule has 1 aromatic carbocycles. The lowest BCUT2D eigenvalue weighted by molar-refractivity contribution is -0.0388. The van der Waals surface area contributed by atoms with E-state index in [2.05, 4.69) is 21.4 Å². The number of carbonyl (C=O) groups excluding carboxylic acids is 1. The van der Waals surface area contributed by atoms with Crippen molar-refractivity contribution in [2.24, 2.45) is 0 Å². The topological polar surface area (TPSA) is 91.1 Å². The molecule has 1 atom stereocenters. The van der Waals surface area contributed by atoms with Crippen molar-refractivity contribution in [1.29, 1.82) is 5.26 Å². The predicted molar refractivity (Wildman–Crippen MR) is 99.0 cm³/mol. The van der Waals surface area contributed by atoms with Gasteiger partial charge in [-0.05, 0) is 43.5 Å². The number of carbonyl (C=O) groups is 1. The monoisotopic (exact) mass is 363 g/mol. The number of amides is 1. The van der Waals surface area contributed by atoms with Gasteiger partial charge in [-0.2, -0.15) is 5.26 Å². The second kappa shape index (κ2) is 7.33. The van der Waals surface area contributed by atoms with Crippen LogP contribution >= 0.6 is 0 Å². The van der Waals surface area contributed by atoms with Crippen molar-refractivity contribution in [3.63, 3.8) is 0 Å². The number of rotatable bonds is 3. The third kappa shape index (κ3) is 3.76. The second-order valence-electron chi connectivity index (χ2n) is 7.10. The number of likely N-dealkylation sites (tertiary alicyclic amines) is 1. The van der Waals surface area contributed by atoms with E-state index in [9.17, 15) is 4.79 Å². The molecule has 1 amide bonds. The molecular formula is C20H21N5O2. The minimum absolute atomic E-state index is 0.0210. The molecule has 3 heterocycles. The zero-order valence-corrected chi connectivity index (χ0v) is 15.0. The Bertz CT molecular complexity index is 856. The van der Waals surface area contributed by atoms with Crippen molar-refractivity contribution >= 4 is 11.9 Å². The SMILES string of the molecule is N#Cc1cccc(C(=O)N2CCC3(CC2)CC(Nc2ncccn2)CO3)c1. The summed E-state index contributed by atoms with van der Waals surface area (Å²) in [6, 6.07) is 10.9. The van der Waals surface area contributed by atoms with E-state index >= 15 is 0 Å². The minimum Gasteiger partial charge on any atom is -0.373 e. The van der Waals surface area contributed by atoms with Gasteiger partial charge in [-0.25, -0.2) is 9.97 Å². The fourth-order valence-corrected chi connectivity index (χ4v) is 3.86. The molecule has 2 aliphatic rings. The fraction of sp³-hybridized carbons (Fsp3) is 0.400. The molecule has 27 heavy (non-hydrogen) atoms. The summed E-state index contributed by atoms with van der Waals surface area (Å²) in [7, 11) is 0. The number of hydrogen-bond acceptors (Lipinski definition) is 6. The van der Waals surface area contributed by atoms with Crippen LogP contribution in [-0.2, 0) is 4.74 Å². The molecule has 0 saturated carbocycles. The lowest BCUT2D eigenvalue weighted by Crippen LogP contribution is -2.46. The molecule has 1 aromatic heterocycles. The Balaban J connectivity index is 1.35. The predicted octanol–water partition coefficient (Wildman–Crippen LogP) is 2.22. The summed E-state index contributed by atoms with van der Waals surface area (Å²) in [6.07, 6.45) is 5.94. The molecule has 0 radical (unpaired) electrons. The van der Waals surface area contributed by atoms with E-state index in [1.54, 1.807) is 42.7 Å². The van der Waals surface area contributed by atoms with Crippen LogP contribution in [0.4, 0.5) is 5.95 Å². The van der Waals surface area contributed by atoms with Crippen molar-refractivity contribution in [2.45, 2.75) is 30.9 Å². The van der Waals surface area contributed by atoms with Gasteiger partial charge < -0.3 is 15.0 Å². The second-order valence-corrected chi connectivity index (χ2v) is 7.10. The summed E-state index contributed by atoms with van der Waals surface area (Å²) >= 11 is 0. The van der Waals surface area contributed by atoms with Crippen LogP contribution in [0, 0.1) is 11.3 Å². The summed E-state index contributed by atoms with van der Waals surface area (Å²) < 4.78 is 6.14. The van der Waals surface area contributed by atoms with Crippen molar-refractivity contribution in [1.82, 2.24) is 14.9 Å². The first kappa shape index (κ1) is 17.4. The standard InChI is InChI=1S/C20H21N5O2/c21-13-15-3-1-4-16(11-15)18(26)25-9-5-20(6-10-25)12-17(14-27-20)24-19-22-7-2-8-23-19/h1-4,7-8,11,17H,5-6,9-10,12,14H2,(H,22,23,24). The van der Waals surface area contributed by atoms with E-state index in [1.165, 1.54) is 0 Å². The van der Waals surface area contributed by atoms with Gasteiger partial charge >= 0.3 is 0 Å². The van der Waals surface area contributed by atoms with Gasteiger partial charge in [0.1, 0.15) is 0 Å². The lowest BCUT2D eigenvalue weighted by Gasteiger charge is -2.38. The normalized spacial score (nSPS) is 21.0. The van der Waals surface area contributed by atoms with Gasteiger partial charge in [0, 0.05) is 31.0 Å². The molecule has 2 fully saturated rings. The highest BCUT2D eigenvalue weighted by Crippen LogP contribution is 2.37. The van der Waals surface area contributed by atoms with E-state index in [1.807, 2.05) is 4.90 Å². The van der Waals surface area contributed by atoms with Crippen molar-refractivity contribution in [3.8, 4) is 6.07 Å². The first-order chi connectivity index (χ1) is 13.2. The molecular weight excluding hydrogens is 342 g/mol. The van der Waals surface area contributed by atoms with Crippen molar-refractivity contribution in [2.75, 3.05) is 25.0 Å². The van der Waals surface area contributed by atoms with Crippen LogP contribution in [0.1, 0.15) is 35.2 Å². The Kier molecular flexibility index (Phi) is 4.73. The highest BCUT2D eigenvalue weighted by Gasteiger charge is 2.43. The number of nitrogens with zero attached hydrogens (tertiary/aromatic N) is 4. The Morgan fingerprint density at radius 2 is 2.04 bits per heavy atom. The van der Waals surface area contributed by atoms with Crippen LogP contribution in [-0.4, -0.2) is 52.1 Å². The third-order valence-corrected chi connectivity index (χ3v) is 5.31. The van der Waals surface area contributed by atoms with Crippen LogP contribution in [0.5, 0.6) is 0 Å².